The molecule has 0 N–H and O–H groups in total. The Balaban J connectivity index is 1.48. The van der Waals surface area contributed by atoms with Crippen LogP contribution in [0.4, 0.5) is 17.6 Å². The summed E-state index contributed by atoms with van der Waals surface area (Å²) in [7, 11) is 0. The highest BCUT2D eigenvalue weighted by atomic mass is 19.3. The number of halogens is 4. The van der Waals surface area contributed by atoms with Crippen LogP contribution >= 0.6 is 0 Å². The molecule has 2 aromatic rings. The highest BCUT2D eigenvalue weighted by molar-refractivity contribution is 5.65. The Kier molecular flexibility index (Phi) is 5.84. The van der Waals surface area contributed by atoms with Crippen molar-refractivity contribution in [3.8, 4) is 16.9 Å². The summed E-state index contributed by atoms with van der Waals surface area (Å²) in [6.07, 6.45) is 7.71. The maximum Gasteiger partial charge on any atom is 0.387 e. The third-order valence-electron chi connectivity index (χ3n) is 6.80. The van der Waals surface area contributed by atoms with Crippen molar-refractivity contribution in [2.75, 3.05) is 0 Å². The Labute approximate surface area is 169 Å². The largest absolute Gasteiger partial charge is 0.429 e. The first-order valence-corrected chi connectivity index (χ1v) is 10.4. The third kappa shape index (κ3) is 4.44. The first-order valence-electron chi connectivity index (χ1n) is 10.4. The summed E-state index contributed by atoms with van der Waals surface area (Å²) in [6.45, 7) is -0.912. The fourth-order valence-electron chi connectivity index (χ4n) is 5.30. The van der Waals surface area contributed by atoms with Crippen LogP contribution in [0, 0.1) is 29.4 Å². The predicted octanol–water partition coefficient (Wildman–Crippen LogP) is 7.55. The van der Waals surface area contributed by atoms with Gasteiger partial charge in [-0.25, -0.2) is 8.78 Å². The van der Waals surface area contributed by atoms with Gasteiger partial charge in [0.15, 0.2) is 17.4 Å². The minimum Gasteiger partial charge on any atom is -0.429 e. The number of alkyl halides is 2. The molecule has 2 aliphatic carbocycles. The first-order chi connectivity index (χ1) is 13.9. The molecule has 0 heterocycles. The van der Waals surface area contributed by atoms with Crippen molar-refractivity contribution < 1.29 is 22.3 Å². The van der Waals surface area contributed by atoms with Gasteiger partial charge in [-0.1, -0.05) is 37.6 Å². The average molecular weight is 406 g/mol. The number of rotatable bonds is 4. The summed E-state index contributed by atoms with van der Waals surface area (Å²) >= 11 is 0. The molecule has 1 nitrogen and oxygen atoms in total. The fraction of sp³-hybridized carbons (Fsp3) is 0.500. The quantitative estimate of drug-likeness (QED) is 0.476. The molecule has 0 radical (unpaired) electrons. The Hall–Kier alpha value is -2.04. The van der Waals surface area contributed by atoms with E-state index in [1.54, 1.807) is 0 Å². The van der Waals surface area contributed by atoms with Crippen LogP contribution < -0.4 is 4.74 Å². The molecular weight excluding hydrogens is 380 g/mol. The van der Waals surface area contributed by atoms with Crippen LogP contribution in [-0.2, 0) is 0 Å². The van der Waals surface area contributed by atoms with Crippen LogP contribution in [0.25, 0.3) is 11.1 Å². The molecule has 2 saturated carbocycles. The molecule has 4 atom stereocenters. The Morgan fingerprint density at radius 3 is 2.10 bits per heavy atom. The lowest BCUT2D eigenvalue weighted by Crippen LogP contribution is -2.29. The standard InChI is InChI=1S/C24H26F4O/c1-14-2-3-19-11-18(9-8-17(19)10-14)15-4-6-16(7-5-15)20-12-21(25)23(22(26)13-20)29-24(27)28/h4-7,12-14,17-19,24H,2-3,8-11H2,1H3. The van der Waals surface area contributed by atoms with Crippen LogP contribution in [0.3, 0.4) is 0 Å². The van der Waals surface area contributed by atoms with Crippen molar-refractivity contribution in [2.24, 2.45) is 17.8 Å². The van der Waals surface area contributed by atoms with E-state index in [9.17, 15) is 17.6 Å². The van der Waals surface area contributed by atoms with Gasteiger partial charge in [-0.3, -0.25) is 0 Å². The van der Waals surface area contributed by atoms with Gasteiger partial charge in [0.1, 0.15) is 0 Å². The molecule has 0 saturated heterocycles. The van der Waals surface area contributed by atoms with Crippen molar-refractivity contribution in [1.29, 1.82) is 0 Å². The number of hydrogen-bond donors (Lipinski definition) is 0. The molecule has 29 heavy (non-hydrogen) atoms. The van der Waals surface area contributed by atoms with E-state index in [-0.39, 0.29) is 0 Å². The highest BCUT2D eigenvalue weighted by Crippen LogP contribution is 2.47. The Morgan fingerprint density at radius 1 is 0.828 bits per heavy atom. The topological polar surface area (TPSA) is 9.23 Å². The Morgan fingerprint density at radius 2 is 1.45 bits per heavy atom. The van der Waals surface area contributed by atoms with Gasteiger partial charge in [0.25, 0.3) is 0 Å². The monoisotopic (exact) mass is 406 g/mol. The average Bonchev–Trinajstić information content (AvgIpc) is 2.70. The van der Waals surface area contributed by atoms with Gasteiger partial charge in [-0.15, -0.1) is 0 Å². The molecule has 2 aliphatic rings. The third-order valence-corrected chi connectivity index (χ3v) is 6.80. The lowest BCUT2D eigenvalue weighted by Gasteiger charge is -2.41. The minimum absolute atomic E-state index is 0.304. The second-order valence-electron chi connectivity index (χ2n) is 8.72. The van der Waals surface area contributed by atoms with E-state index in [2.05, 4.69) is 11.7 Å². The van der Waals surface area contributed by atoms with Crippen LogP contribution in [0.5, 0.6) is 5.75 Å². The van der Waals surface area contributed by atoms with E-state index in [0.29, 0.717) is 17.0 Å². The summed E-state index contributed by atoms with van der Waals surface area (Å²) in [6, 6.07) is 9.84. The minimum atomic E-state index is -3.27. The van der Waals surface area contributed by atoms with E-state index in [0.717, 1.165) is 29.9 Å². The van der Waals surface area contributed by atoms with Crippen molar-refractivity contribution in [3.63, 3.8) is 0 Å². The molecule has 0 amide bonds. The van der Waals surface area contributed by atoms with Gasteiger partial charge in [-0.2, -0.15) is 8.78 Å². The van der Waals surface area contributed by atoms with Crippen LogP contribution in [0.15, 0.2) is 36.4 Å². The molecule has 4 rings (SSSR count). The molecule has 0 spiro atoms. The molecule has 4 unspecified atom stereocenters. The van der Waals surface area contributed by atoms with E-state index < -0.39 is 24.0 Å². The summed E-state index contributed by atoms with van der Waals surface area (Å²) < 4.78 is 56.5. The molecule has 0 bridgehead atoms. The lowest BCUT2D eigenvalue weighted by atomic mass is 9.64. The van der Waals surface area contributed by atoms with E-state index in [4.69, 9.17) is 0 Å². The zero-order chi connectivity index (χ0) is 20.5. The van der Waals surface area contributed by atoms with E-state index in [1.165, 1.54) is 44.1 Å². The maximum atomic E-state index is 14.0. The highest BCUT2D eigenvalue weighted by Gasteiger charge is 2.34. The zero-order valence-corrected chi connectivity index (χ0v) is 16.5. The SMILES string of the molecule is CC1CCC2CC(c3ccc(-c4cc(F)c(OC(F)F)c(F)c4)cc3)CCC2C1. The normalized spacial score (nSPS) is 27.0. The number of benzene rings is 2. The van der Waals surface area contributed by atoms with Crippen LogP contribution in [0.2, 0.25) is 0 Å². The van der Waals surface area contributed by atoms with Crippen molar-refractivity contribution in [2.45, 2.75) is 58.0 Å². The Bertz CT molecular complexity index is 825. The molecule has 0 aliphatic heterocycles. The van der Waals surface area contributed by atoms with E-state index >= 15 is 0 Å². The second-order valence-corrected chi connectivity index (χ2v) is 8.72. The smallest absolute Gasteiger partial charge is 0.387 e. The first kappa shape index (κ1) is 20.2. The molecule has 5 heteroatoms. The maximum absolute atomic E-state index is 14.0. The summed E-state index contributed by atoms with van der Waals surface area (Å²) in [5, 5.41) is 0. The van der Waals surface area contributed by atoms with Gasteiger partial charge in [0, 0.05) is 0 Å². The molecule has 2 fully saturated rings. The van der Waals surface area contributed by atoms with Crippen molar-refractivity contribution in [1.82, 2.24) is 0 Å². The van der Waals surface area contributed by atoms with Crippen molar-refractivity contribution in [3.05, 3.63) is 53.6 Å². The molecule has 2 aromatic carbocycles. The van der Waals surface area contributed by atoms with Gasteiger partial charge in [0.05, 0.1) is 0 Å². The van der Waals surface area contributed by atoms with Crippen molar-refractivity contribution >= 4 is 0 Å². The number of hydrogen-bond acceptors (Lipinski definition) is 1. The number of ether oxygens (including phenoxy) is 1. The van der Waals surface area contributed by atoms with Gasteiger partial charge in [-0.05, 0) is 84.6 Å². The molecular formula is C24H26F4O. The van der Waals surface area contributed by atoms with Crippen LogP contribution in [-0.4, -0.2) is 6.61 Å². The summed E-state index contributed by atoms with van der Waals surface area (Å²) in [5.74, 6) is -0.230. The fourth-order valence-corrected chi connectivity index (χ4v) is 5.30. The second kappa shape index (κ2) is 8.37. The summed E-state index contributed by atoms with van der Waals surface area (Å²) in [5.41, 5.74) is 2.22. The van der Waals surface area contributed by atoms with Crippen LogP contribution in [0.1, 0.15) is 56.9 Å². The number of fused-ring (bicyclic) bond motifs is 1. The van der Waals surface area contributed by atoms with E-state index in [1.807, 2.05) is 24.3 Å². The molecule has 156 valence electrons. The van der Waals surface area contributed by atoms with Gasteiger partial charge in [0.2, 0.25) is 0 Å². The predicted molar refractivity (Wildman–Crippen MR) is 105 cm³/mol. The van der Waals surface area contributed by atoms with Gasteiger partial charge < -0.3 is 4.74 Å². The van der Waals surface area contributed by atoms with Gasteiger partial charge >= 0.3 is 6.61 Å². The summed E-state index contributed by atoms with van der Waals surface area (Å²) in [4.78, 5) is 0. The zero-order valence-electron chi connectivity index (χ0n) is 16.5. The lowest BCUT2D eigenvalue weighted by molar-refractivity contribution is -0.0546. The molecule has 0 aromatic heterocycles.